The third-order valence-corrected chi connectivity index (χ3v) is 7.36. The molecule has 9 heteroatoms. The van der Waals surface area contributed by atoms with Gasteiger partial charge in [-0.3, -0.25) is 9.89 Å². The number of aromatic amines is 1. The lowest BCUT2D eigenvalue weighted by Gasteiger charge is -2.29. The Kier molecular flexibility index (Phi) is 6.34. The first-order valence-corrected chi connectivity index (χ1v) is 11.6. The van der Waals surface area contributed by atoms with E-state index in [1.807, 2.05) is 11.8 Å². The number of H-pyrrole nitrogens is 1. The van der Waals surface area contributed by atoms with Crippen molar-refractivity contribution in [2.24, 2.45) is 5.92 Å². The van der Waals surface area contributed by atoms with Crippen molar-refractivity contribution < 1.29 is 18.0 Å². The first-order chi connectivity index (χ1) is 14.3. The summed E-state index contributed by atoms with van der Waals surface area (Å²) in [4.78, 5) is 12.5. The molecule has 1 fully saturated rings. The van der Waals surface area contributed by atoms with Gasteiger partial charge in [0.05, 0.1) is 21.8 Å². The molecule has 1 aromatic heterocycles. The number of alkyl halides is 3. The smallest absolute Gasteiger partial charge is 0.349 e. The first-order valence-electron chi connectivity index (χ1n) is 10.1. The summed E-state index contributed by atoms with van der Waals surface area (Å²) in [5.74, 6) is 2.09. The van der Waals surface area contributed by atoms with Gasteiger partial charge in [-0.1, -0.05) is 11.6 Å². The maximum Gasteiger partial charge on any atom is 0.416 e. The fraction of sp³-hybridized carbons (Fsp3) is 0.524. The van der Waals surface area contributed by atoms with E-state index < -0.39 is 17.6 Å². The van der Waals surface area contributed by atoms with Crippen molar-refractivity contribution in [2.45, 2.75) is 62.2 Å². The van der Waals surface area contributed by atoms with E-state index in [0.717, 1.165) is 68.2 Å². The summed E-state index contributed by atoms with van der Waals surface area (Å²) in [5.41, 5.74) is 2.82. The molecular formula is C21H23ClF3N3OS. The van der Waals surface area contributed by atoms with Crippen LogP contribution in [0.2, 0.25) is 5.02 Å². The van der Waals surface area contributed by atoms with Gasteiger partial charge in [0.15, 0.2) is 0 Å². The SMILES string of the molecule is O=C(NC1CCC(CCc2n[nH]c3c2CSC3)CC1)c1cc(C(F)(F)F)ccc1Cl. The normalized spacial score (nSPS) is 21.5. The van der Waals surface area contributed by atoms with Gasteiger partial charge in [-0.15, -0.1) is 0 Å². The van der Waals surface area contributed by atoms with Crippen molar-refractivity contribution in [1.29, 1.82) is 0 Å². The number of amides is 1. The van der Waals surface area contributed by atoms with Gasteiger partial charge in [-0.2, -0.15) is 30.0 Å². The van der Waals surface area contributed by atoms with Crippen LogP contribution in [-0.4, -0.2) is 22.1 Å². The number of rotatable bonds is 5. The number of hydrogen-bond donors (Lipinski definition) is 2. The summed E-state index contributed by atoms with van der Waals surface area (Å²) in [6.07, 6.45) is 1.15. The van der Waals surface area contributed by atoms with Crippen molar-refractivity contribution in [2.75, 3.05) is 0 Å². The van der Waals surface area contributed by atoms with Crippen LogP contribution in [0, 0.1) is 5.92 Å². The lowest BCUT2D eigenvalue weighted by molar-refractivity contribution is -0.137. The monoisotopic (exact) mass is 457 g/mol. The highest BCUT2D eigenvalue weighted by Gasteiger charge is 2.32. The van der Waals surface area contributed by atoms with Crippen molar-refractivity contribution >= 4 is 29.3 Å². The second kappa shape index (κ2) is 8.83. The van der Waals surface area contributed by atoms with Crippen LogP contribution in [0.5, 0.6) is 0 Å². The molecule has 0 saturated heterocycles. The zero-order chi connectivity index (χ0) is 21.3. The van der Waals surface area contributed by atoms with Gasteiger partial charge in [0.25, 0.3) is 5.91 Å². The van der Waals surface area contributed by atoms with Crippen LogP contribution in [0.4, 0.5) is 13.2 Å². The van der Waals surface area contributed by atoms with E-state index in [2.05, 4.69) is 15.5 Å². The largest absolute Gasteiger partial charge is 0.416 e. The number of aromatic nitrogens is 2. The molecule has 0 unspecified atom stereocenters. The molecule has 0 radical (unpaired) electrons. The molecule has 1 aromatic carbocycles. The Morgan fingerprint density at radius 2 is 2.00 bits per heavy atom. The van der Waals surface area contributed by atoms with Gasteiger partial charge in [-0.25, -0.2) is 0 Å². The minimum atomic E-state index is -4.51. The predicted molar refractivity (Wildman–Crippen MR) is 112 cm³/mol. The molecule has 0 atom stereocenters. The molecule has 1 saturated carbocycles. The van der Waals surface area contributed by atoms with Gasteiger partial charge >= 0.3 is 6.18 Å². The van der Waals surface area contributed by atoms with E-state index in [0.29, 0.717) is 5.92 Å². The van der Waals surface area contributed by atoms with E-state index in [1.165, 1.54) is 17.0 Å². The Morgan fingerprint density at radius 1 is 1.23 bits per heavy atom. The fourth-order valence-corrected chi connectivity index (χ4v) is 5.56. The van der Waals surface area contributed by atoms with Gasteiger partial charge < -0.3 is 5.32 Å². The number of hydrogen-bond acceptors (Lipinski definition) is 3. The van der Waals surface area contributed by atoms with Crippen LogP contribution < -0.4 is 5.32 Å². The highest BCUT2D eigenvalue weighted by Crippen LogP contribution is 2.34. The van der Waals surface area contributed by atoms with E-state index >= 15 is 0 Å². The Bertz CT molecular complexity index is 923. The number of halogens is 4. The molecule has 4 rings (SSSR count). The number of benzene rings is 1. The van der Waals surface area contributed by atoms with E-state index in [1.54, 1.807) is 0 Å². The topological polar surface area (TPSA) is 57.8 Å². The van der Waals surface area contributed by atoms with Gasteiger partial charge in [-0.05, 0) is 62.6 Å². The van der Waals surface area contributed by atoms with Crippen molar-refractivity contribution in [3.05, 3.63) is 51.3 Å². The Labute approximate surface area is 182 Å². The van der Waals surface area contributed by atoms with Crippen LogP contribution in [0.3, 0.4) is 0 Å². The number of fused-ring (bicyclic) bond motifs is 1. The summed E-state index contributed by atoms with van der Waals surface area (Å²) >= 11 is 7.88. The molecule has 162 valence electrons. The van der Waals surface area contributed by atoms with Crippen LogP contribution in [0.25, 0.3) is 0 Å². The van der Waals surface area contributed by atoms with Gasteiger partial charge in [0, 0.05) is 28.8 Å². The highest BCUT2D eigenvalue weighted by atomic mass is 35.5. The molecular weight excluding hydrogens is 435 g/mol. The molecule has 2 N–H and O–H groups in total. The Balaban J connectivity index is 1.28. The number of thioether (sulfide) groups is 1. The predicted octanol–water partition coefficient (Wildman–Crippen LogP) is 5.75. The molecule has 2 aromatic rings. The lowest BCUT2D eigenvalue weighted by atomic mass is 9.83. The molecule has 1 aliphatic heterocycles. The van der Waals surface area contributed by atoms with E-state index in [9.17, 15) is 18.0 Å². The molecule has 1 amide bonds. The molecule has 0 spiro atoms. The standard InChI is InChI=1S/C21H23ClF3N3OS/c22-17-7-4-13(21(23,24)25)9-15(17)20(29)26-14-5-1-12(2-6-14)3-8-18-16-10-30-11-19(16)28-27-18/h4,7,9,12,14H,1-3,5-6,8,10-11H2,(H,26,29)(H,27,28). The van der Waals surface area contributed by atoms with Gasteiger partial charge in [0.1, 0.15) is 0 Å². The minimum Gasteiger partial charge on any atom is -0.349 e. The Morgan fingerprint density at radius 3 is 2.73 bits per heavy atom. The van der Waals surface area contributed by atoms with Crippen molar-refractivity contribution in [1.82, 2.24) is 15.5 Å². The molecule has 4 nitrogen and oxygen atoms in total. The number of carbonyl (C=O) groups is 1. The average Bonchev–Trinajstić information content (AvgIpc) is 3.31. The third kappa shape index (κ3) is 4.80. The minimum absolute atomic E-state index is 0.0267. The van der Waals surface area contributed by atoms with Crippen molar-refractivity contribution in [3.8, 4) is 0 Å². The van der Waals surface area contributed by atoms with E-state index in [-0.39, 0.29) is 16.6 Å². The average molecular weight is 458 g/mol. The van der Waals surface area contributed by atoms with Crippen LogP contribution in [-0.2, 0) is 24.1 Å². The highest BCUT2D eigenvalue weighted by molar-refractivity contribution is 7.98. The first kappa shape index (κ1) is 21.6. The van der Waals surface area contributed by atoms with Crippen LogP contribution in [0.1, 0.15) is 65.0 Å². The maximum absolute atomic E-state index is 12.9. The van der Waals surface area contributed by atoms with E-state index in [4.69, 9.17) is 11.6 Å². The Hall–Kier alpha value is -1.67. The number of aryl methyl sites for hydroxylation is 1. The second-order valence-corrected chi connectivity index (χ2v) is 9.44. The van der Waals surface area contributed by atoms with Crippen LogP contribution in [0.15, 0.2) is 18.2 Å². The zero-order valence-electron chi connectivity index (χ0n) is 16.3. The van der Waals surface area contributed by atoms with Crippen molar-refractivity contribution in [3.63, 3.8) is 0 Å². The quantitative estimate of drug-likeness (QED) is 0.601. The maximum atomic E-state index is 12.9. The molecule has 1 aliphatic carbocycles. The number of nitrogens with zero attached hydrogens (tertiary/aromatic N) is 1. The summed E-state index contributed by atoms with van der Waals surface area (Å²) in [5, 5.41) is 10.5. The summed E-state index contributed by atoms with van der Waals surface area (Å²) in [6, 6.07) is 2.80. The molecule has 2 aliphatic rings. The number of carbonyl (C=O) groups excluding carboxylic acids is 1. The summed E-state index contributed by atoms with van der Waals surface area (Å²) in [6.45, 7) is 0. The second-order valence-electron chi connectivity index (χ2n) is 8.04. The molecule has 2 heterocycles. The summed E-state index contributed by atoms with van der Waals surface area (Å²) in [7, 11) is 0. The summed E-state index contributed by atoms with van der Waals surface area (Å²) < 4.78 is 38.8. The third-order valence-electron chi connectivity index (χ3n) is 6.04. The van der Waals surface area contributed by atoms with Crippen LogP contribution >= 0.6 is 23.4 Å². The molecule has 0 bridgehead atoms. The lowest BCUT2D eigenvalue weighted by Crippen LogP contribution is -2.38. The van der Waals surface area contributed by atoms with Gasteiger partial charge in [0.2, 0.25) is 0 Å². The number of nitrogens with one attached hydrogen (secondary N) is 2. The fourth-order valence-electron chi connectivity index (χ4n) is 4.27. The zero-order valence-corrected chi connectivity index (χ0v) is 17.9. The molecule has 30 heavy (non-hydrogen) atoms.